The zero-order valence-corrected chi connectivity index (χ0v) is 13.3. The van der Waals surface area contributed by atoms with Crippen molar-refractivity contribution in [3.8, 4) is 5.75 Å². The van der Waals surface area contributed by atoms with E-state index in [0.717, 1.165) is 4.90 Å². The number of nitrogens with one attached hydrogen (secondary N) is 1. The normalized spacial score (nSPS) is 14.3. The molecule has 0 atom stereocenters. The number of anilines is 1. The van der Waals surface area contributed by atoms with E-state index in [4.69, 9.17) is 9.47 Å². The van der Waals surface area contributed by atoms with Gasteiger partial charge in [-0.25, -0.2) is 14.6 Å². The number of hydrogen-bond donors (Lipinski definition) is 1. The number of methoxy groups -OCH3 is 2. The van der Waals surface area contributed by atoms with E-state index in [1.54, 1.807) is 12.1 Å². The molecule has 128 valence electrons. The van der Waals surface area contributed by atoms with Gasteiger partial charge < -0.3 is 14.8 Å². The van der Waals surface area contributed by atoms with Crippen LogP contribution in [0.3, 0.4) is 0 Å². The number of rotatable bonds is 7. The topological polar surface area (TPSA) is 105 Å². The molecule has 0 aliphatic carbocycles. The largest absolute Gasteiger partial charge is 0.497 e. The van der Waals surface area contributed by atoms with Gasteiger partial charge in [0.1, 0.15) is 12.3 Å². The molecule has 1 saturated heterocycles. The van der Waals surface area contributed by atoms with Crippen LogP contribution in [0.25, 0.3) is 0 Å². The Balaban J connectivity index is 2.10. The molecule has 1 N–H and O–H groups in total. The van der Waals surface area contributed by atoms with Gasteiger partial charge in [0, 0.05) is 13.7 Å². The standard InChI is InChI=1S/C15H17N3O6/c1-23-8-7-16-12(19)9-17-13(20)14(21)18(15(17)22)10-3-5-11(24-2)6-4-10/h3-6H,7-9H2,1-2H3,(H,16,19). The number of benzene rings is 1. The SMILES string of the molecule is COCCNC(=O)CN1C(=O)C(=O)N(c2ccc(OC)cc2)C1=O. The van der Waals surface area contributed by atoms with Crippen molar-refractivity contribution >= 4 is 29.4 Å². The van der Waals surface area contributed by atoms with E-state index in [2.05, 4.69) is 5.32 Å². The minimum absolute atomic E-state index is 0.224. The van der Waals surface area contributed by atoms with E-state index in [1.807, 2.05) is 0 Å². The predicted molar refractivity (Wildman–Crippen MR) is 82.5 cm³/mol. The van der Waals surface area contributed by atoms with Crippen molar-refractivity contribution in [2.75, 3.05) is 38.8 Å². The van der Waals surface area contributed by atoms with Crippen LogP contribution < -0.4 is 15.0 Å². The second-order valence-electron chi connectivity index (χ2n) is 4.86. The number of nitrogens with zero attached hydrogens (tertiary/aromatic N) is 2. The summed E-state index contributed by atoms with van der Waals surface area (Å²) in [5.41, 5.74) is 0.224. The van der Waals surface area contributed by atoms with E-state index in [1.165, 1.54) is 26.4 Å². The van der Waals surface area contributed by atoms with Gasteiger partial charge in [0.25, 0.3) is 0 Å². The number of carbonyl (C=O) groups is 4. The van der Waals surface area contributed by atoms with E-state index >= 15 is 0 Å². The van der Waals surface area contributed by atoms with Gasteiger partial charge >= 0.3 is 17.8 Å². The lowest BCUT2D eigenvalue weighted by molar-refractivity contribution is -0.140. The lowest BCUT2D eigenvalue weighted by Crippen LogP contribution is -2.42. The molecular formula is C15H17N3O6. The number of ether oxygens (including phenoxy) is 2. The van der Waals surface area contributed by atoms with E-state index in [0.29, 0.717) is 17.3 Å². The maximum absolute atomic E-state index is 12.3. The lowest BCUT2D eigenvalue weighted by atomic mass is 10.3. The van der Waals surface area contributed by atoms with Crippen LogP contribution in [0.2, 0.25) is 0 Å². The quantitative estimate of drug-likeness (QED) is 0.419. The molecule has 0 unspecified atom stereocenters. The summed E-state index contributed by atoms with van der Waals surface area (Å²) in [4.78, 5) is 49.4. The number of urea groups is 1. The van der Waals surface area contributed by atoms with Crippen molar-refractivity contribution in [2.24, 2.45) is 0 Å². The summed E-state index contributed by atoms with van der Waals surface area (Å²) in [6, 6.07) is 5.20. The van der Waals surface area contributed by atoms with Crippen LogP contribution in [0, 0.1) is 0 Å². The van der Waals surface area contributed by atoms with Gasteiger partial charge in [0.2, 0.25) is 5.91 Å². The third kappa shape index (κ3) is 3.51. The second kappa shape index (κ2) is 7.55. The molecule has 0 radical (unpaired) electrons. The zero-order chi connectivity index (χ0) is 17.7. The van der Waals surface area contributed by atoms with Crippen LogP contribution in [-0.4, -0.2) is 62.6 Å². The molecular weight excluding hydrogens is 318 g/mol. The molecule has 9 heteroatoms. The third-order valence-electron chi connectivity index (χ3n) is 3.31. The van der Waals surface area contributed by atoms with Gasteiger partial charge in [-0.05, 0) is 24.3 Å². The van der Waals surface area contributed by atoms with Gasteiger partial charge in [0.05, 0.1) is 19.4 Å². The highest BCUT2D eigenvalue weighted by Gasteiger charge is 2.46. The van der Waals surface area contributed by atoms with Gasteiger partial charge in [-0.15, -0.1) is 0 Å². The third-order valence-corrected chi connectivity index (χ3v) is 3.31. The van der Waals surface area contributed by atoms with Crippen molar-refractivity contribution in [2.45, 2.75) is 0 Å². The van der Waals surface area contributed by atoms with Crippen LogP contribution >= 0.6 is 0 Å². The van der Waals surface area contributed by atoms with Crippen molar-refractivity contribution in [3.05, 3.63) is 24.3 Å². The fraction of sp³-hybridized carbons (Fsp3) is 0.333. The Kier molecular flexibility index (Phi) is 5.48. The molecule has 1 aliphatic heterocycles. The number of carbonyl (C=O) groups excluding carboxylic acids is 4. The fourth-order valence-corrected chi connectivity index (χ4v) is 2.10. The average molecular weight is 335 g/mol. The van der Waals surface area contributed by atoms with Gasteiger partial charge in [-0.2, -0.15) is 0 Å². The number of imide groups is 2. The summed E-state index contributed by atoms with van der Waals surface area (Å²) in [5.74, 6) is -2.07. The summed E-state index contributed by atoms with van der Waals surface area (Å²) in [7, 11) is 2.96. The van der Waals surface area contributed by atoms with Crippen LogP contribution in [0.4, 0.5) is 10.5 Å². The first-order chi connectivity index (χ1) is 11.5. The predicted octanol–water partition coefficient (Wildman–Crippen LogP) is -0.247. The Hall–Kier alpha value is -2.94. The highest BCUT2D eigenvalue weighted by molar-refractivity contribution is 6.53. The first-order valence-corrected chi connectivity index (χ1v) is 7.09. The van der Waals surface area contributed by atoms with Crippen molar-refractivity contribution in [1.29, 1.82) is 0 Å². The maximum Gasteiger partial charge on any atom is 0.339 e. The maximum atomic E-state index is 12.3. The van der Waals surface area contributed by atoms with Crippen molar-refractivity contribution < 1.29 is 28.7 Å². The summed E-state index contributed by atoms with van der Waals surface area (Å²) < 4.78 is 9.78. The summed E-state index contributed by atoms with van der Waals surface area (Å²) in [6.07, 6.45) is 0. The Morgan fingerprint density at radius 2 is 1.75 bits per heavy atom. The fourth-order valence-electron chi connectivity index (χ4n) is 2.10. The van der Waals surface area contributed by atoms with Crippen LogP contribution in [-0.2, 0) is 19.1 Å². The molecule has 24 heavy (non-hydrogen) atoms. The summed E-state index contributed by atoms with van der Waals surface area (Å²) in [6.45, 7) is 0.00596. The van der Waals surface area contributed by atoms with E-state index in [-0.39, 0.29) is 12.2 Å². The monoisotopic (exact) mass is 335 g/mol. The Bertz CT molecular complexity index is 658. The molecule has 2 rings (SSSR count). The molecule has 1 heterocycles. The minimum Gasteiger partial charge on any atom is -0.497 e. The average Bonchev–Trinajstić information content (AvgIpc) is 2.79. The molecule has 1 fully saturated rings. The second-order valence-corrected chi connectivity index (χ2v) is 4.86. The zero-order valence-electron chi connectivity index (χ0n) is 13.3. The Morgan fingerprint density at radius 1 is 1.08 bits per heavy atom. The van der Waals surface area contributed by atoms with E-state index in [9.17, 15) is 19.2 Å². The van der Waals surface area contributed by atoms with Gasteiger partial charge in [-0.3, -0.25) is 14.4 Å². The summed E-state index contributed by atoms with van der Waals surface area (Å²) in [5, 5.41) is 2.48. The molecule has 0 spiro atoms. The van der Waals surface area contributed by atoms with Crippen LogP contribution in [0.15, 0.2) is 24.3 Å². The van der Waals surface area contributed by atoms with Gasteiger partial charge in [-0.1, -0.05) is 0 Å². The molecule has 1 aliphatic rings. The molecule has 1 aromatic carbocycles. The first-order valence-electron chi connectivity index (χ1n) is 7.09. The molecule has 0 saturated carbocycles. The highest BCUT2D eigenvalue weighted by atomic mass is 16.5. The molecule has 5 amide bonds. The molecule has 1 aromatic rings. The van der Waals surface area contributed by atoms with Crippen molar-refractivity contribution in [3.63, 3.8) is 0 Å². The highest BCUT2D eigenvalue weighted by Crippen LogP contribution is 2.24. The van der Waals surface area contributed by atoms with Gasteiger partial charge in [0.15, 0.2) is 0 Å². The number of hydrogen-bond acceptors (Lipinski definition) is 6. The molecule has 0 aromatic heterocycles. The van der Waals surface area contributed by atoms with Crippen molar-refractivity contribution in [1.82, 2.24) is 10.2 Å². The Labute approximate surface area is 138 Å². The Morgan fingerprint density at radius 3 is 2.33 bits per heavy atom. The number of amides is 5. The lowest BCUT2D eigenvalue weighted by Gasteiger charge is -2.15. The first kappa shape index (κ1) is 17.4. The van der Waals surface area contributed by atoms with Crippen LogP contribution in [0.1, 0.15) is 0 Å². The molecule has 9 nitrogen and oxygen atoms in total. The summed E-state index contributed by atoms with van der Waals surface area (Å²) >= 11 is 0. The van der Waals surface area contributed by atoms with Crippen LogP contribution in [0.5, 0.6) is 5.75 Å². The van der Waals surface area contributed by atoms with E-state index < -0.39 is 30.3 Å². The molecule has 0 bridgehead atoms. The minimum atomic E-state index is -1.04. The smallest absolute Gasteiger partial charge is 0.339 e.